The van der Waals surface area contributed by atoms with Crippen LogP contribution in [-0.4, -0.2) is 65.0 Å². The number of halogens is 3. The number of alkyl halides is 3. The van der Waals surface area contributed by atoms with E-state index in [1.807, 2.05) is 6.07 Å². The van der Waals surface area contributed by atoms with E-state index in [1.165, 1.54) is 23.2 Å². The smallest absolute Gasteiger partial charge is 0.340 e. The number of carbonyl (C=O) groups excluding carboxylic acids is 3. The Balaban J connectivity index is 1.77. The number of nitrogens with zero attached hydrogens (tertiary/aromatic N) is 3. The highest BCUT2D eigenvalue weighted by Crippen LogP contribution is 2.29. The van der Waals surface area contributed by atoms with Gasteiger partial charge < -0.3 is 27.4 Å². The Morgan fingerprint density at radius 2 is 1.62 bits per heavy atom. The second-order valence-corrected chi connectivity index (χ2v) is 8.87. The minimum absolute atomic E-state index is 0.192. The van der Waals surface area contributed by atoms with Gasteiger partial charge in [-0.1, -0.05) is 30.3 Å². The van der Waals surface area contributed by atoms with Gasteiger partial charge >= 0.3 is 12.2 Å². The van der Waals surface area contributed by atoms with E-state index in [1.54, 1.807) is 24.3 Å². The topological polar surface area (TPSA) is 173 Å². The third kappa shape index (κ3) is 8.36. The van der Waals surface area contributed by atoms with E-state index in [0.29, 0.717) is 16.8 Å². The molecule has 0 aliphatic heterocycles. The molecule has 3 rings (SSSR count). The van der Waals surface area contributed by atoms with Gasteiger partial charge in [-0.2, -0.15) is 13.2 Å². The molecule has 0 aliphatic carbocycles. The summed E-state index contributed by atoms with van der Waals surface area (Å²) in [5, 5.41) is 4.22. The van der Waals surface area contributed by atoms with Gasteiger partial charge in [-0.25, -0.2) is 9.80 Å². The van der Waals surface area contributed by atoms with Crippen molar-refractivity contribution in [3.05, 3.63) is 71.9 Å². The van der Waals surface area contributed by atoms with Gasteiger partial charge in [-0.3, -0.25) is 20.0 Å². The number of benzene rings is 2. The normalized spacial score (nSPS) is 12.1. The third-order valence-corrected chi connectivity index (χ3v) is 5.84. The largest absolute Gasteiger partial charge is 0.416 e. The lowest BCUT2D eigenvalue weighted by Crippen LogP contribution is -2.54. The highest BCUT2D eigenvalue weighted by molar-refractivity contribution is 5.94. The van der Waals surface area contributed by atoms with Crippen molar-refractivity contribution in [3.8, 4) is 0 Å². The van der Waals surface area contributed by atoms with Crippen molar-refractivity contribution in [3.63, 3.8) is 0 Å². The lowest BCUT2D eigenvalue weighted by molar-refractivity contribution is -0.137. The summed E-state index contributed by atoms with van der Waals surface area (Å²) >= 11 is 0. The summed E-state index contributed by atoms with van der Waals surface area (Å²) in [4.78, 5) is 44.3. The lowest BCUT2D eigenvalue weighted by atomic mass is 10.1. The van der Waals surface area contributed by atoms with Gasteiger partial charge in [0.25, 0.3) is 5.91 Å². The molecule has 1 unspecified atom stereocenters. The van der Waals surface area contributed by atoms with Gasteiger partial charge in [0.2, 0.25) is 5.91 Å². The fourth-order valence-corrected chi connectivity index (χ4v) is 3.77. The Kier molecular flexibility index (Phi) is 10.4. The molecule has 0 spiro atoms. The molecule has 0 bridgehead atoms. The van der Waals surface area contributed by atoms with Crippen molar-refractivity contribution in [1.29, 1.82) is 0 Å². The van der Waals surface area contributed by atoms with Gasteiger partial charge in [-0.15, -0.1) is 0 Å². The maximum Gasteiger partial charge on any atom is 0.416 e. The zero-order chi connectivity index (χ0) is 29.3. The number of aromatic nitrogens is 1. The molecule has 0 saturated heterocycles. The Morgan fingerprint density at radius 1 is 0.975 bits per heavy atom. The molecule has 0 fully saturated rings. The van der Waals surface area contributed by atoms with Crippen LogP contribution >= 0.6 is 0 Å². The number of nitrogens with one attached hydrogen (secondary N) is 2. The van der Waals surface area contributed by atoms with Gasteiger partial charge in [0, 0.05) is 31.6 Å². The fraction of sp³-hybridized carbons (Fsp3) is 0.308. The molecule has 11 nitrogen and oxygen atoms in total. The third-order valence-electron chi connectivity index (χ3n) is 5.84. The molecule has 2 aromatic carbocycles. The molecule has 40 heavy (non-hydrogen) atoms. The van der Waals surface area contributed by atoms with E-state index in [-0.39, 0.29) is 39.1 Å². The molecule has 1 atom stereocenters. The molecule has 0 radical (unpaired) electrons. The molecule has 4 amide bonds. The van der Waals surface area contributed by atoms with Crippen molar-refractivity contribution >= 4 is 34.4 Å². The van der Waals surface area contributed by atoms with Crippen LogP contribution < -0.4 is 27.9 Å². The first-order chi connectivity index (χ1) is 19.0. The number of carbonyl (C=O) groups is 3. The van der Waals surface area contributed by atoms with E-state index in [9.17, 15) is 27.6 Å². The number of hydrogen-bond acceptors (Lipinski definition) is 7. The molecule has 1 heterocycles. The Labute approximate surface area is 228 Å². The van der Waals surface area contributed by atoms with E-state index in [2.05, 4.69) is 15.7 Å². The minimum atomic E-state index is -4.53. The van der Waals surface area contributed by atoms with Crippen LogP contribution in [-0.2, 0) is 22.3 Å². The number of hydrogen-bond donors (Lipinski definition) is 5. The standard InChI is InChI=1S/C26H31F3N8O3/c27-26(28,29)19-7-5-17(6-8-19)16-37(25(40)34-20-13-18-3-1-2-4-22(18)33-15-20)35-24(39)21(32)14-23(38)36(11-9-30)12-10-31/h1-8,13,15,21H,9-12,14,16,30-32H2,(H,34,40)(H,35,39). The number of rotatable bonds is 10. The number of para-hydroxylation sites is 1. The maximum atomic E-state index is 13.2. The minimum Gasteiger partial charge on any atom is -0.340 e. The van der Waals surface area contributed by atoms with Crippen molar-refractivity contribution < 1.29 is 27.6 Å². The first-order valence-electron chi connectivity index (χ1n) is 12.3. The molecular formula is C26H31F3N8O3. The van der Waals surface area contributed by atoms with Crippen LogP contribution in [0.3, 0.4) is 0 Å². The molecule has 1 aromatic heterocycles. The van der Waals surface area contributed by atoms with Crippen LogP contribution in [0, 0.1) is 0 Å². The summed E-state index contributed by atoms with van der Waals surface area (Å²) in [7, 11) is 0. The number of pyridine rings is 1. The summed E-state index contributed by atoms with van der Waals surface area (Å²) in [6.07, 6.45) is -3.49. The van der Waals surface area contributed by atoms with E-state index < -0.39 is 35.6 Å². The van der Waals surface area contributed by atoms with Crippen LogP contribution in [0.2, 0.25) is 0 Å². The molecule has 3 aromatic rings. The Morgan fingerprint density at radius 3 is 2.25 bits per heavy atom. The monoisotopic (exact) mass is 560 g/mol. The molecule has 0 saturated carbocycles. The molecule has 14 heteroatoms. The van der Waals surface area contributed by atoms with E-state index >= 15 is 0 Å². The Bertz CT molecular complexity index is 1310. The molecular weight excluding hydrogens is 529 g/mol. The first kappa shape index (κ1) is 30.3. The second kappa shape index (κ2) is 13.7. The summed E-state index contributed by atoms with van der Waals surface area (Å²) in [5.41, 5.74) is 19.8. The van der Waals surface area contributed by atoms with Crippen LogP contribution in [0.4, 0.5) is 23.7 Å². The first-order valence-corrected chi connectivity index (χ1v) is 12.3. The molecule has 0 aliphatic rings. The second-order valence-electron chi connectivity index (χ2n) is 8.87. The van der Waals surface area contributed by atoms with E-state index in [4.69, 9.17) is 17.2 Å². The summed E-state index contributed by atoms with van der Waals surface area (Å²) in [5.74, 6) is -1.30. The summed E-state index contributed by atoms with van der Waals surface area (Å²) < 4.78 is 39.0. The lowest BCUT2D eigenvalue weighted by Gasteiger charge is -2.26. The maximum absolute atomic E-state index is 13.2. The number of amides is 4. The summed E-state index contributed by atoms with van der Waals surface area (Å²) in [6, 6.07) is 10.9. The average Bonchev–Trinajstić information content (AvgIpc) is 2.92. The molecule has 214 valence electrons. The van der Waals surface area contributed by atoms with Crippen LogP contribution in [0.25, 0.3) is 10.9 Å². The van der Waals surface area contributed by atoms with Crippen LogP contribution in [0.5, 0.6) is 0 Å². The van der Waals surface area contributed by atoms with Crippen molar-refractivity contribution in [1.82, 2.24) is 20.3 Å². The number of nitrogens with two attached hydrogens (primary N) is 3. The van der Waals surface area contributed by atoms with Gasteiger partial charge in [-0.05, 0) is 29.8 Å². The molecule has 8 N–H and O–H groups in total. The van der Waals surface area contributed by atoms with Crippen LogP contribution in [0.15, 0.2) is 60.8 Å². The zero-order valence-electron chi connectivity index (χ0n) is 21.5. The predicted molar refractivity (Wildman–Crippen MR) is 143 cm³/mol. The average molecular weight is 561 g/mol. The SMILES string of the molecule is NCCN(CCN)C(=O)CC(N)C(=O)NN(Cc1ccc(C(F)(F)F)cc1)C(=O)Nc1cnc2ccccc2c1. The Hall–Kier alpha value is -4.27. The summed E-state index contributed by atoms with van der Waals surface area (Å²) in [6.45, 7) is 0.541. The van der Waals surface area contributed by atoms with Crippen LogP contribution in [0.1, 0.15) is 17.5 Å². The highest BCUT2D eigenvalue weighted by Gasteiger charge is 2.30. The predicted octanol–water partition coefficient (Wildman–Crippen LogP) is 1.78. The number of urea groups is 1. The fourth-order valence-electron chi connectivity index (χ4n) is 3.77. The number of hydrazine groups is 1. The van der Waals surface area contributed by atoms with E-state index in [0.717, 1.165) is 22.5 Å². The van der Waals surface area contributed by atoms with Gasteiger partial charge in [0.15, 0.2) is 0 Å². The quantitative estimate of drug-likeness (QED) is 0.235. The van der Waals surface area contributed by atoms with Crippen molar-refractivity contribution in [2.75, 3.05) is 31.5 Å². The van der Waals surface area contributed by atoms with Gasteiger partial charge in [0.1, 0.15) is 0 Å². The zero-order valence-corrected chi connectivity index (χ0v) is 21.5. The van der Waals surface area contributed by atoms with Gasteiger partial charge in [0.05, 0.1) is 42.0 Å². The highest BCUT2D eigenvalue weighted by atomic mass is 19.4. The van der Waals surface area contributed by atoms with Crippen molar-refractivity contribution in [2.45, 2.75) is 25.2 Å². The number of fused-ring (bicyclic) bond motifs is 1. The van der Waals surface area contributed by atoms with Crippen molar-refractivity contribution in [2.24, 2.45) is 17.2 Å². The number of anilines is 1.